The molecule has 32 heavy (non-hydrogen) atoms. The lowest BCUT2D eigenvalue weighted by atomic mass is 9.93. The predicted octanol–water partition coefficient (Wildman–Crippen LogP) is 2.80. The molecule has 0 aliphatic carbocycles. The summed E-state index contributed by atoms with van der Waals surface area (Å²) in [5, 5.41) is 2.90. The van der Waals surface area contributed by atoms with Gasteiger partial charge < -0.3 is 5.32 Å². The summed E-state index contributed by atoms with van der Waals surface area (Å²) in [6.45, 7) is 7.61. The van der Waals surface area contributed by atoms with Crippen LogP contribution in [0.1, 0.15) is 43.4 Å². The number of aryl methyl sites for hydroxylation is 1. The number of piperazine rings is 1. The Balaban J connectivity index is 1.94. The minimum Gasteiger partial charge on any atom is -0.350 e. The van der Waals surface area contributed by atoms with Crippen LogP contribution in [0.2, 0.25) is 0 Å². The second-order valence-electron chi connectivity index (χ2n) is 8.95. The highest BCUT2D eigenvalue weighted by Crippen LogP contribution is 2.31. The molecule has 1 N–H and O–H groups in total. The Hall–Kier alpha value is -2.71. The molecular formula is C24H31N3O4S. The maximum Gasteiger partial charge on any atom is 0.247 e. The predicted molar refractivity (Wildman–Crippen MR) is 126 cm³/mol. The van der Waals surface area contributed by atoms with Crippen molar-refractivity contribution in [2.75, 3.05) is 24.2 Å². The van der Waals surface area contributed by atoms with Crippen molar-refractivity contribution in [2.45, 2.75) is 45.7 Å². The van der Waals surface area contributed by atoms with Gasteiger partial charge in [0.25, 0.3) is 0 Å². The molecule has 1 saturated heterocycles. The first-order chi connectivity index (χ1) is 14.9. The summed E-state index contributed by atoms with van der Waals surface area (Å²) in [6, 6.07) is 15.3. The standard InChI is InChI=1S/C24H31N3O4S/c1-17(2)20-10-12-21(13-11-20)27-22(28)15-26(32(5,30)31)16-24(27,4)23(29)25-14-19-8-6-18(3)7-9-19/h6-13,17H,14-16H2,1-5H3,(H,25,29). The van der Waals surface area contributed by atoms with Crippen LogP contribution in [-0.4, -0.2) is 49.4 Å². The van der Waals surface area contributed by atoms with Gasteiger partial charge in [-0.3, -0.25) is 14.5 Å². The lowest BCUT2D eigenvalue weighted by Gasteiger charge is -2.46. The minimum absolute atomic E-state index is 0.122. The molecule has 3 rings (SSSR count). The maximum absolute atomic E-state index is 13.4. The van der Waals surface area contributed by atoms with Crippen molar-refractivity contribution in [1.82, 2.24) is 9.62 Å². The summed E-state index contributed by atoms with van der Waals surface area (Å²) in [4.78, 5) is 28.0. The second-order valence-corrected chi connectivity index (χ2v) is 10.9. The van der Waals surface area contributed by atoms with Crippen LogP contribution in [0, 0.1) is 6.92 Å². The van der Waals surface area contributed by atoms with Gasteiger partial charge in [-0.2, -0.15) is 4.31 Å². The van der Waals surface area contributed by atoms with Crippen molar-refractivity contribution in [3.63, 3.8) is 0 Å². The van der Waals surface area contributed by atoms with E-state index in [1.807, 2.05) is 55.5 Å². The van der Waals surface area contributed by atoms with Gasteiger partial charge in [0.2, 0.25) is 21.8 Å². The monoisotopic (exact) mass is 457 g/mol. The molecule has 1 unspecified atom stereocenters. The van der Waals surface area contributed by atoms with Crippen LogP contribution >= 0.6 is 0 Å². The van der Waals surface area contributed by atoms with Gasteiger partial charge >= 0.3 is 0 Å². The number of hydrogen-bond donors (Lipinski definition) is 1. The number of rotatable bonds is 6. The first-order valence-corrected chi connectivity index (χ1v) is 12.5. The largest absolute Gasteiger partial charge is 0.350 e. The van der Waals surface area contributed by atoms with Crippen molar-refractivity contribution < 1.29 is 18.0 Å². The van der Waals surface area contributed by atoms with E-state index in [2.05, 4.69) is 19.2 Å². The molecule has 0 aromatic heterocycles. The maximum atomic E-state index is 13.4. The molecule has 2 aromatic carbocycles. The summed E-state index contributed by atoms with van der Waals surface area (Å²) in [5.74, 6) is -0.523. The van der Waals surface area contributed by atoms with Gasteiger partial charge in [-0.1, -0.05) is 55.8 Å². The number of carbonyl (C=O) groups excluding carboxylic acids is 2. The molecule has 0 radical (unpaired) electrons. The molecule has 7 nitrogen and oxygen atoms in total. The number of nitrogens with one attached hydrogen (secondary N) is 1. The topological polar surface area (TPSA) is 86.8 Å². The average molecular weight is 458 g/mol. The number of carbonyl (C=O) groups is 2. The molecule has 0 spiro atoms. The SMILES string of the molecule is Cc1ccc(CNC(=O)C2(C)CN(S(C)(=O)=O)CC(=O)N2c2ccc(C(C)C)cc2)cc1. The van der Waals surface area contributed by atoms with Crippen LogP contribution in [0.15, 0.2) is 48.5 Å². The highest BCUT2D eigenvalue weighted by molar-refractivity contribution is 7.88. The molecule has 1 atom stereocenters. The van der Waals surface area contributed by atoms with Gasteiger partial charge in [0.05, 0.1) is 12.8 Å². The first-order valence-electron chi connectivity index (χ1n) is 10.6. The molecule has 1 fully saturated rings. The summed E-state index contributed by atoms with van der Waals surface area (Å²) >= 11 is 0. The van der Waals surface area contributed by atoms with Gasteiger partial charge in [-0.15, -0.1) is 0 Å². The number of anilines is 1. The van der Waals surface area contributed by atoms with Gasteiger partial charge in [0.15, 0.2) is 0 Å². The van der Waals surface area contributed by atoms with Crippen LogP contribution in [0.25, 0.3) is 0 Å². The van der Waals surface area contributed by atoms with Gasteiger partial charge in [-0.25, -0.2) is 8.42 Å². The van der Waals surface area contributed by atoms with E-state index in [0.717, 1.165) is 27.3 Å². The summed E-state index contributed by atoms with van der Waals surface area (Å²) in [5.41, 5.74) is 2.32. The van der Waals surface area contributed by atoms with Crippen LogP contribution in [0.5, 0.6) is 0 Å². The third kappa shape index (κ3) is 5.02. The molecule has 8 heteroatoms. The van der Waals surface area contributed by atoms with Crippen LogP contribution < -0.4 is 10.2 Å². The Kier molecular flexibility index (Phi) is 6.76. The third-order valence-electron chi connectivity index (χ3n) is 5.89. The molecule has 172 valence electrons. The van der Waals surface area contributed by atoms with Crippen LogP contribution in [0.3, 0.4) is 0 Å². The number of benzene rings is 2. The van der Waals surface area contributed by atoms with E-state index in [4.69, 9.17) is 0 Å². The van der Waals surface area contributed by atoms with Gasteiger partial charge in [0.1, 0.15) is 5.54 Å². The van der Waals surface area contributed by atoms with Gasteiger partial charge in [-0.05, 0) is 43.0 Å². The van der Waals surface area contributed by atoms with E-state index < -0.39 is 27.4 Å². The van der Waals surface area contributed by atoms with Gasteiger partial charge in [0, 0.05) is 18.8 Å². The van der Waals surface area contributed by atoms with E-state index in [1.165, 1.54) is 4.90 Å². The van der Waals surface area contributed by atoms with Crippen molar-refractivity contribution in [1.29, 1.82) is 0 Å². The summed E-state index contributed by atoms with van der Waals surface area (Å²) in [7, 11) is -3.65. The molecule has 0 bridgehead atoms. The van der Waals surface area contributed by atoms with E-state index in [-0.39, 0.29) is 19.6 Å². The van der Waals surface area contributed by atoms with Crippen molar-refractivity contribution in [2.24, 2.45) is 0 Å². The fraction of sp³-hybridized carbons (Fsp3) is 0.417. The average Bonchev–Trinajstić information content (AvgIpc) is 2.72. The Bertz CT molecular complexity index is 1100. The summed E-state index contributed by atoms with van der Waals surface area (Å²) < 4.78 is 25.5. The fourth-order valence-corrected chi connectivity index (χ4v) is 4.72. The molecule has 1 aliphatic rings. The number of nitrogens with zero attached hydrogens (tertiary/aromatic N) is 2. The zero-order valence-electron chi connectivity index (χ0n) is 19.3. The molecule has 2 amide bonds. The zero-order valence-corrected chi connectivity index (χ0v) is 20.1. The summed E-state index contributed by atoms with van der Waals surface area (Å²) in [6.07, 6.45) is 1.05. The number of amides is 2. The Morgan fingerprint density at radius 2 is 1.69 bits per heavy atom. The third-order valence-corrected chi connectivity index (χ3v) is 7.08. The smallest absolute Gasteiger partial charge is 0.247 e. The van der Waals surface area contributed by atoms with E-state index in [9.17, 15) is 18.0 Å². The van der Waals surface area contributed by atoms with E-state index in [0.29, 0.717) is 11.6 Å². The van der Waals surface area contributed by atoms with E-state index in [1.54, 1.807) is 6.92 Å². The quantitative estimate of drug-likeness (QED) is 0.723. The Morgan fingerprint density at radius 1 is 1.09 bits per heavy atom. The highest BCUT2D eigenvalue weighted by atomic mass is 32.2. The minimum atomic E-state index is -3.65. The molecule has 2 aromatic rings. The van der Waals surface area contributed by atoms with Crippen LogP contribution in [-0.2, 0) is 26.2 Å². The number of sulfonamides is 1. The van der Waals surface area contributed by atoms with E-state index >= 15 is 0 Å². The second kappa shape index (κ2) is 9.03. The molecule has 1 heterocycles. The zero-order chi connectivity index (χ0) is 23.7. The van der Waals surface area contributed by atoms with Crippen LogP contribution in [0.4, 0.5) is 5.69 Å². The van der Waals surface area contributed by atoms with Crippen molar-refractivity contribution in [3.8, 4) is 0 Å². The lowest BCUT2D eigenvalue weighted by molar-refractivity contribution is -0.133. The Morgan fingerprint density at radius 3 is 2.22 bits per heavy atom. The first kappa shape index (κ1) is 23.9. The fourth-order valence-electron chi connectivity index (χ4n) is 3.89. The molecule has 1 aliphatic heterocycles. The number of hydrogen-bond acceptors (Lipinski definition) is 4. The lowest BCUT2D eigenvalue weighted by Crippen LogP contribution is -2.70. The normalized spacial score (nSPS) is 19.9. The van der Waals surface area contributed by atoms with Crippen molar-refractivity contribution >= 4 is 27.5 Å². The van der Waals surface area contributed by atoms with Crippen molar-refractivity contribution in [3.05, 3.63) is 65.2 Å². The molecule has 0 saturated carbocycles. The Labute approximate surface area is 190 Å². The highest BCUT2D eigenvalue weighted by Gasteiger charge is 2.50. The molecular weight excluding hydrogens is 426 g/mol.